The molecule has 2 N–H and O–H groups in total. The topological polar surface area (TPSA) is 88.5 Å². The predicted octanol–water partition coefficient (Wildman–Crippen LogP) is 3.15. The van der Waals surface area contributed by atoms with E-state index in [-0.39, 0.29) is 18.9 Å². The van der Waals surface area contributed by atoms with Gasteiger partial charge in [-0.25, -0.2) is 8.78 Å². The Morgan fingerprint density at radius 3 is 2.50 bits per heavy atom. The third kappa shape index (κ3) is 6.88. The Labute approximate surface area is 174 Å². The highest BCUT2D eigenvalue weighted by Gasteiger charge is 2.24. The van der Waals surface area contributed by atoms with Crippen molar-refractivity contribution in [2.75, 3.05) is 6.61 Å². The smallest absolute Gasteiger partial charge is 0.272 e. The SMILES string of the molecule is Cc1cc(C(=O)NCc2ccc(OCC(F)F)c(C)c2)cc(CC(=O)C(C)(C)O)n1. The number of Topliss-reactive ketones (excluding diaryl/α,β-unsaturated/α-hetero) is 1. The molecule has 8 heteroatoms. The quantitative estimate of drug-likeness (QED) is 0.651. The molecule has 1 aromatic heterocycles. The lowest BCUT2D eigenvalue weighted by Crippen LogP contribution is -2.33. The van der Waals surface area contributed by atoms with E-state index < -0.39 is 24.4 Å². The van der Waals surface area contributed by atoms with Crippen LogP contribution in [0.5, 0.6) is 5.75 Å². The second-order valence-corrected chi connectivity index (χ2v) is 7.63. The van der Waals surface area contributed by atoms with Crippen molar-refractivity contribution in [3.8, 4) is 5.75 Å². The van der Waals surface area contributed by atoms with Crippen LogP contribution in [0.1, 0.15) is 46.7 Å². The number of rotatable bonds is 9. The number of nitrogens with zero attached hydrogens (tertiary/aromatic N) is 1. The molecule has 0 saturated carbocycles. The fourth-order valence-electron chi connectivity index (χ4n) is 2.76. The first-order valence-electron chi connectivity index (χ1n) is 9.47. The number of nitrogens with one attached hydrogen (secondary N) is 1. The number of aryl methyl sites for hydroxylation is 2. The molecular weight excluding hydrogens is 394 g/mol. The van der Waals surface area contributed by atoms with Gasteiger partial charge in [0, 0.05) is 23.5 Å². The van der Waals surface area contributed by atoms with Crippen molar-refractivity contribution in [2.45, 2.75) is 52.7 Å². The van der Waals surface area contributed by atoms with Crippen LogP contribution < -0.4 is 10.1 Å². The molecule has 0 radical (unpaired) electrons. The maximum Gasteiger partial charge on any atom is 0.272 e. The van der Waals surface area contributed by atoms with E-state index in [1.807, 2.05) is 0 Å². The average molecular weight is 420 g/mol. The number of hydrogen-bond donors (Lipinski definition) is 2. The first kappa shape index (κ1) is 23.4. The van der Waals surface area contributed by atoms with Gasteiger partial charge in [-0.2, -0.15) is 0 Å². The minimum Gasteiger partial charge on any atom is -0.487 e. The Hall–Kier alpha value is -2.87. The number of aliphatic hydroxyl groups is 1. The number of hydrogen-bond acceptors (Lipinski definition) is 5. The van der Waals surface area contributed by atoms with Gasteiger partial charge in [-0.3, -0.25) is 14.6 Å². The molecule has 0 saturated heterocycles. The van der Waals surface area contributed by atoms with Gasteiger partial charge in [0.2, 0.25) is 0 Å². The molecule has 30 heavy (non-hydrogen) atoms. The Kier molecular flexibility index (Phi) is 7.61. The summed E-state index contributed by atoms with van der Waals surface area (Å²) in [6.45, 7) is 5.83. The Bertz CT molecular complexity index is 924. The molecule has 0 aliphatic heterocycles. The van der Waals surface area contributed by atoms with E-state index in [4.69, 9.17) is 4.74 Å². The van der Waals surface area contributed by atoms with Gasteiger partial charge in [0.25, 0.3) is 12.3 Å². The highest BCUT2D eigenvalue weighted by atomic mass is 19.3. The van der Waals surface area contributed by atoms with Crippen molar-refractivity contribution in [3.05, 3.63) is 58.4 Å². The fourth-order valence-corrected chi connectivity index (χ4v) is 2.76. The minimum atomic E-state index is -2.55. The number of halogens is 2. The van der Waals surface area contributed by atoms with Crippen molar-refractivity contribution in [1.82, 2.24) is 10.3 Å². The zero-order valence-corrected chi connectivity index (χ0v) is 17.5. The Balaban J connectivity index is 2.04. The summed E-state index contributed by atoms with van der Waals surface area (Å²) in [5.74, 6) is -0.360. The first-order valence-corrected chi connectivity index (χ1v) is 9.47. The van der Waals surface area contributed by atoms with Crippen LogP contribution in [0.15, 0.2) is 30.3 Å². The van der Waals surface area contributed by atoms with E-state index in [0.29, 0.717) is 28.3 Å². The maximum atomic E-state index is 12.6. The molecule has 1 heterocycles. The van der Waals surface area contributed by atoms with E-state index in [1.165, 1.54) is 19.9 Å². The molecule has 6 nitrogen and oxygen atoms in total. The molecule has 2 aromatic rings. The highest BCUT2D eigenvalue weighted by molar-refractivity contribution is 5.95. The number of pyridine rings is 1. The van der Waals surface area contributed by atoms with Crippen LogP contribution in [0.4, 0.5) is 8.78 Å². The predicted molar refractivity (Wildman–Crippen MR) is 108 cm³/mol. The normalized spacial score (nSPS) is 11.5. The first-order chi connectivity index (χ1) is 14.0. The number of alkyl halides is 2. The van der Waals surface area contributed by atoms with Gasteiger partial charge < -0.3 is 15.2 Å². The Morgan fingerprint density at radius 2 is 1.90 bits per heavy atom. The molecule has 0 aliphatic rings. The number of ketones is 1. The summed E-state index contributed by atoms with van der Waals surface area (Å²) in [4.78, 5) is 28.9. The lowest BCUT2D eigenvalue weighted by Gasteiger charge is -2.15. The molecule has 0 unspecified atom stereocenters. The summed E-state index contributed by atoms with van der Waals surface area (Å²) in [5.41, 5.74) is 1.34. The van der Waals surface area contributed by atoms with E-state index in [0.717, 1.165) is 5.56 Å². The van der Waals surface area contributed by atoms with Crippen LogP contribution in [0.25, 0.3) is 0 Å². The summed E-state index contributed by atoms with van der Waals surface area (Å²) in [5, 5.41) is 12.6. The zero-order chi connectivity index (χ0) is 22.5. The molecule has 1 amide bonds. The standard InChI is InChI=1S/C22H26F2N2O4/c1-13-7-15(5-6-18(13)30-12-20(23)24)11-25-21(28)16-8-14(2)26-17(9-16)10-19(27)22(3,4)29/h5-9,20,29H,10-12H2,1-4H3,(H,25,28). The van der Waals surface area contributed by atoms with Crippen LogP contribution in [0.2, 0.25) is 0 Å². The van der Waals surface area contributed by atoms with Crippen LogP contribution in [-0.4, -0.2) is 40.4 Å². The summed E-state index contributed by atoms with van der Waals surface area (Å²) in [7, 11) is 0. The molecule has 1 aromatic carbocycles. The molecule has 162 valence electrons. The van der Waals surface area contributed by atoms with Gasteiger partial charge in [-0.05, 0) is 57.0 Å². The maximum absolute atomic E-state index is 12.6. The lowest BCUT2D eigenvalue weighted by molar-refractivity contribution is -0.133. The van der Waals surface area contributed by atoms with Gasteiger partial charge >= 0.3 is 0 Å². The van der Waals surface area contributed by atoms with E-state index in [1.54, 1.807) is 38.1 Å². The number of ether oxygens (including phenoxy) is 1. The monoisotopic (exact) mass is 420 g/mol. The third-order valence-electron chi connectivity index (χ3n) is 4.35. The fraction of sp³-hybridized carbons (Fsp3) is 0.409. The van der Waals surface area contributed by atoms with Gasteiger partial charge in [0.05, 0.1) is 6.42 Å². The summed E-state index contributed by atoms with van der Waals surface area (Å²) < 4.78 is 29.6. The van der Waals surface area contributed by atoms with Crippen LogP contribution >= 0.6 is 0 Å². The zero-order valence-electron chi connectivity index (χ0n) is 17.5. The second kappa shape index (κ2) is 9.75. The van der Waals surface area contributed by atoms with Crippen molar-refractivity contribution in [2.24, 2.45) is 0 Å². The number of amides is 1. The number of aromatic nitrogens is 1. The largest absolute Gasteiger partial charge is 0.487 e. The number of carbonyl (C=O) groups excluding carboxylic acids is 2. The molecule has 0 fully saturated rings. The van der Waals surface area contributed by atoms with Gasteiger partial charge in [-0.1, -0.05) is 12.1 Å². The Morgan fingerprint density at radius 1 is 1.20 bits per heavy atom. The van der Waals surface area contributed by atoms with E-state index >= 15 is 0 Å². The molecule has 0 aliphatic carbocycles. The van der Waals surface area contributed by atoms with Gasteiger partial charge in [-0.15, -0.1) is 0 Å². The molecular formula is C22H26F2N2O4. The van der Waals surface area contributed by atoms with Crippen LogP contribution in [0, 0.1) is 13.8 Å². The molecule has 0 atom stereocenters. The molecule has 2 rings (SSSR count). The third-order valence-corrected chi connectivity index (χ3v) is 4.35. The van der Waals surface area contributed by atoms with Crippen LogP contribution in [0.3, 0.4) is 0 Å². The van der Waals surface area contributed by atoms with Crippen molar-refractivity contribution < 1.29 is 28.2 Å². The van der Waals surface area contributed by atoms with E-state index in [2.05, 4.69) is 10.3 Å². The second-order valence-electron chi connectivity index (χ2n) is 7.63. The van der Waals surface area contributed by atoms with Crippen molar-refractivity contribution in [1.29, 1.82) is 0 Å². The highest BCUT2D eigenvalue weighted by Crippen LogP contribution is 2.20. The van der Waals surface area contributed by atoms with Gasteiger partial charge in [0.15, 0.2) is 5.78 Å². The number of carbonyl (C=O) groups is 2. The average Bonchev–Trinajstić information content (AvgIpc) is 2.63. The lowest BCUT2D eigenvalue weighted by atomic mass is 9.98. The summed E-state index contributed by atoms with van der Waals surface area (Å²) in [6, 6.07) is 8.18. The molecule has 0 bridgehead atoms. The van der Waals surface area contributed by atoms with E-state index in [9.17, 15) is 23.5 Å². The number of benzene rings is 1. The van der Waals surface area contributed by atoms with Crippen LogP contribution in [-0.2, 0) is 17.8 Å². The molecule has 0 spiro atoms. The van der Waals surface area contributed by atoms with Crippen molar-refractivity contribution >= 4 is 11.7 Å². The van der Waals surface area contributed by atoms with Crippen molar-refractivity contribution in [3.63, 3.8) is 0 Å². The summed E-state index contributed by atoms with van der Waals surface area (Å²) in [6.07, 6.45) is -2.62. The van der Waals surface area contributed by atoms with Gasteiger partial charge in [0.1, 0.15) is 18.0 Å². The summed E-state index contributed by atoms with van der Waals surface area (Å²) >= 11 is 0. The minimum absolute atomic E-state index is 0.0786.